The van der Waals surface area contributed by atoms with E-state index >= 15 is 0 Å². The van der Waals surface area contributed by atoms with E-state index in [0.29, 0.717) is 6.04 Å². The number of nitrogens with two attached hydrogens (primary N) is 1. The van der Waals surface area contributed by atoms with Gasteiger partial charge in [0, 0.05) is 6.04 Å². The summed E-state index contributed by atoms with van der Waals surface area (Å²) < 4.78 is 0. The van der Waals surface area contributed by atoms with Crippen LogP contribution in [0.5, 0.6) is 0 Å². The Labute approximate surface area is 117 Å². The minimum atomic E-state index is -0.571. The van der Waals surface area contributed by atoms with Crippen LogP contribution in [-0.4, -0.2) is 17.5 Å². The molecule has 0 aliphatic heterocycles. The van der Waals surface area contributed by atoms with Gasteiger partial charge in [-0.3, -0.25) is 4.79 Å². The van der Waals surface area contributed by atoms with Crippen molar-refractivity contribution in [2.75, 3.05) is 0 Å². The van der Waals surface area contributed by atoms with Gasteiger partial charge in [-0.25, -0.2) is 0 Å². The Hall–Kier alpha value is -0.280. The number of amides is 1. The van der Waals surface area contributed by atoms with Crippen molar-refractivity contribution in [3.8, 4) is 0 Å². The predicted octanol–water partition coefficient (Wildman–Crippen LogP) is 2.76. The molecule has 0 spiro atoms. The van der Waals surface area contributed by atoms with Gasteiger partial charge >= 0.3 is 0 Å². The van der Waals surface area contributed by atoms with Crippen LogP contribution in [0.15, 0.2) is 0 Å². The van der Waals surface area contributed by atoms with Gasteiger partial charge in [-0.05, 0) is 31.6 Å². The topological polar surface area (TPSA) is 55.1 Å². The van der Waals surface area contributed by atoms with Gasteiger partial charge in [-0.1, -0.05) is 39.0 Å². The number of rotatable bonds is 2. The monoisotopic (exact) mass is 274 g/mol. The van der Waals surface area contributed by atoms with E-state index < -0.39 is 5.54 Å². The van der Waals surface area contributed by atoms with Gasteiger partial charge in [0.25, 0.3) is 0 Å². The van der Waals surface area contributed by atoms with Gasteiger partial charge in [-0.15, -0.1) is 12.4 Å². The Bertz CT molecular complexity index is 277. The Morgan fingerprint density at radius 3 is 2.44 bits per heavy atom. The van der Waals surface area contributed by atoms with Gasteiger partial charge in [0.05, 0.1) is 5.54 Å². The molecule has 2 aliphatic carbocycles. The molecule has 0 radical (unpaired) electrons. The van der Waals surface area contributed by atoms with E-state index in [9.17, 15) is 4.79 Å². The summed E-state index contributed by atoms with van der Waals surface area (Å²) in [6, 6.07) is 0.369. The van der Waals surface area contributed by atoms with E-state index in [0.717, 1.165) is 44.4 Å². The van der Waals surface area contributed by atoms with Crippen molar-refractivity contribution in [1.82, 2.24) is 5.32 Å². The number of carbonyl (C=O) groups is 1. The van der Waals surface area contributed by atoms with Crippen LogP contribution in [0, 0.1) is 5.92 Å². The smallest absolute Gasteiger partial charge is 0.240 e. The number of nitrogens with one attached hydrogen (secondary N) is 1. The minimum Gasteiger partial charge on any atom is -0.352 e. The molecule has 0 bridgehead atoms. The molecule has 1 amide bonds. The van der Waals surface area contributed by atoms with Crippen LogP contribution < -0.4 is 11.1 Å². The molecule has 0 aromatic carbocycles. The zero-order valence-corrected chi connectivity index (χ0v) is 12.2. The van der Waals surface area contributed by atoms with E-state index in [1.807, 2.05) is 0 Å². The highest BCUT2D eigenvalue weighted by Gasteiger charge is 2.36. The quantitative estimate of drug-likeness (QED) is 0.814. The van der Waals surface area contributed by atoms with Crippen molar-refractivity contribution in [2.45, 2.75) is 76.3 Å². The van der Waals surface area contributed by atoms with Crippen LogP contribution >= 0.6 is 12.4 Å². The molecule has 2 saturated carbocycles. The first-order valence-electron chi connectivity index (χ1n) is 7.20. The van der Waals surface area contributed by atoms with Gasteiger partial charge in [0.1, 0.15) is 0 Å². The van der Waals surface area contributed by atoms with Crippen molar-refractivity contribution in [3.05, 3.63) is 0 Å². The average molecular weight is 275 g/mol. The van der Waals surface area contributed by atoms with Crippen molar-refractivity contribution in [2.24, 2.45) is 11.7 Å². The largest absolute Gasteiger partial charge is 0.352 e. The summed E-state index contributed by atoms with van der Waals surface area (Å²) in [5.74, 6) is 0.852. The highest BCUT2D eigenvalue weighted by atomic mass is 35.5. The average Bonchev–Trinajstić information content (AvgIpc) is 2.30. The van der Waals surface area contributed by atoms with E-state index in [2.05, 4.69) is 12.2 Å². The molecule has 4 heteroatoms. The molecule has 106 valence electrons. The van der Waals surface area contributed by atoms with E-state index in [-0.39, 0.29) is 18.3 Å². The SMILES string of the molecule is CC1CCCC(NC(=O)C2(N)CCCCC2)C1.Cl. The van der Waals surface area contributed by atoms with Crippen LogP contribution in [0.3, 0.4) is 0 Å². The molecule has 2 rings (SSSR count). The molecular formula is C14H27ClN2O. The summed E-state index contributed by atoms with van der Waals surface area (Å²) in [4.78, 5) is 12.3. The Morgan fingerprint density at radius 1 is 1.17 bits per heavy atom. The molecular weight excluding hydrogens is 248 g/mol. The second kappa shape index (κ2) is 6.76. The molecule has 2 unspecified atom stereocenters. The summed E-state index contributed by atoms with van der Waals surface area (Å²) in [7, 11) is 0. The molecule has 0 heterocycles. The van der Waals surface area contributed by atoms with Crippen molar-refractivity contribution in [1.29, 1.82) is 0 Å². The summed E-state index contributed by atoms with van der Waals surface area (Å²) in [5.41, 5.74) is 5.67. The normalized spacial score (nSPS) is 31.2. The predicted molar refractivity (Wildman–Crippen MR) is 76.8 cm³/mol. The molecule has 2 fully saturated rings. The van der Waals surface area contributed by atoms with Crippen LogP contribution in [0.4, 0.5) is 0 Å². The number of halogens is 1. The molecule has 0 aromatic rings. The zero-order chi connectivity index (χ0) is 12.3. The lowest BCUT2D eigenvalue weighted by molar-refractivity contribution is -0.128. The lowest BCUT2D eigenvalue weighted by Gasteiger charge is -2.35. The second-order valence-electron chi connectivity index (χ2n) is 6.16. The summed E-state index contributed by atoms with van der Waals surface area (Å²) in [6.45, 7) is 2.27. The van der Waals surface area contributed by atoms with Gasteiger partial charge in [0.15, 0.2) is 0 Å². The lowest BCUT2D eigenvalue weighted by atomic mass is 9.81. The minimum absolute atomic E-state index is 0. The molecule has 0 saturated heterocycles. The van der Waals surface area contributed by atoms with E-state index in [1.54, 1.807) is 0 Å². The molecule has 18 heavy (non-hydrogen) atoms. The third kappa shape index (κ3) is 3.86. The van der Waals surface area contributed by atoms with Crippen molar-refractivity contribution in [3.63, 3.8) is 0 Å². The maximum absolute atomic E-state index is 12.3. The van der Waals surface area contributed by atoms with Gasteiger partial charge in [0.2, 0.25) is 5.91 Å². The third-order valence-electron chi connectivity index (χ3n) is 4.47. The number of carbonyl (C=O) groups excluding carboxylic acids is 1. The first kappa shape index (κ1) is 15.8. The fourth-order valence-corrected chi connectivity index (χ4v) is 3.30. The third-order valence-corrected chi connectivity index (χ3v) is 4.47. The first-order valence-corrected chi connectivity index (χ1v) is 7.20. The van der Waals surface area contributed by atoms with E-state index in [1.165, 1.54) is 19.3 Å². The number of hydrogen-bond acceptors (Lipinski definition) is 2. The van der Waals surface area contributed by atoms with Crippen molar-refractivity contribution < 1.29 is 4.79 Å². The molecule has 2 aliphatic rings. The van der Waals surface area contributed by atoms with Crippen LogP contribution in [-0.2, 0) is 4.79 Å². The molecule has 0 aromatic heterocycles. The highest BCUT2D eigenvalue weighted by Crippen LogP contribution is 2.28. The maximum atomic E-state index is 12.3. The Balaban J connectivity index is 0.00000162. The first-order chi connectivity index (χ1) is 8.10. The van der Waals surface area contributed by atoms with Crippen LogP contribution in [0.1, 0.15) is 64.7 Å². The second-order valence-corrected chi connectivity index (χ2v) is 6.16. The molecule has 3 nitrogen and oxygen atoms in total. The van der Waals surface area contributed by atoms with Crippen molar-refractivity contribution >= 4 is 18.3 Å². The van der Waals surface area contributed by atoms with Gasteiger partial charge in [-0.2, -0.15) is 0 Å². The lowest BCUT2D eigenvalue weighted by Crippen LogP contribution is -2.57. The van der Waals surface area contributed by atoms with Crippen LogP contribution in [0.2, 0.25) is 0 Å². The van der Waals surface area contributed by atoms with E-state index in [4.69, 9.17) is 5.73 Å². The number of hydrogen-bond donors (Lipinski definition) is 2. The maximum Gasteiger partial charge on any atom is 0.240 e. The summed E-state index contributed by atoms with van der Waals surface area (Å²) >= 11 is 0. The highest BCUT2D eigenvalue weighted by molar-refractivity contribution is 5.86. The Kier molecular flexibility index (Phi) is 5.93. The van der Waals surface area contributed by atoms with Crippen LogP contribution in [0.25, 0.3) is 0 Å². The fraction of sp³-hybridized carbons (Fsp3) is 0.929. The summed E-state index contributed by atoms with van der Waals surface area (Å²) in [5, 5.41) is 3.20. The standard InChI is InChI=1S/C14H26N2O.ClH/c1-11-6-5-7-12(10-11)16-13(17)14(15)8-3-2-4-9-14;/h11-12H,2-10,15H2,1H3,(H,16,17);1H. The zero-order valence-electron chi connectivity index (χ0n) is 11.4. The fourth-order valence-electron chi connectivity index (χ4n) is 3.30. The summed E-state index contributed by atoms with van der Waals surface area (Å²) in [6.07, 6.45) is 9.96. The Morgan fingerprint density at radius 2 is 1.83 bits per heavy atom. The molecule has 3 N–H and O–H groups in total. The molecule has 2 atom stereocenters. The van der Waals surface area contributed by atoms with Gasteiger partial charge < -0.3 is 11.1 Å².